The lowest BCUT2D eigenvalue weighted by atomic mass is 10.1. The number of ether oxygens (including phenoxy) is 2. The van der Waals surface area contributed by atoms with Gasteiger partial charge in [0, 0.05) is 0 Å². The van der Waals surface area contributed by atoms with E-state index in [-0.39, 0.29) is 11.3 Å². The number of hydrogen-bond acceptors (Lipinski definition) is 5. The number of amides is 1. The lowest BCUT2D eigenvalue weighted by Crippen LogP contribution is -2.45. The Morgan fingerprint density at radius 3 is 2.25 bits per heavy atom. The van der Waals surface area contributed by atoms with Crippen LogP contribution in [0, 0.1) is 0 Å². The van der Waals surface area contributed by atoms with Gasteiger partial charge in [0.25, 0.3) is 0 Å². The molecule has 0 saturated carbocycles. The van der Waals surface area contributed by atoms with E-state index >= 15 is 0 Å². The van der Waals surface area contributed by atoms with Crippen LogP contribution in [-0.4, -0.2) is 34.1 Å². The maximum Gasteiger partial charge on any atom is 0.243 e. The molecule has 1 unspecified atom stereocenters. The normalized spacial score (nSPS) is 12.1. The van der Waals surface area contributed by atoms with Gasteiger partial charge in [0.15, 0.2) is 0 Å². The van der Waals surface area contributed by atoms with Crippen molar-refractivity contribution in [3.05, 3.63) is 84.4 Å². The van der Waals surface area contributed by atoms with E-state index in [1.54, 1.807) is 36.4 Å². The van der Waals surface area contributed by atoms with E-state index in [2.05, 4.69) is 10.0 Å². The Bertz CT molecular complexity index is 1130. The largest absolute Gasteiger partial charge is 0.495 e. The smallest absolute Gasteiger partial charge is 0.243 e. The molecule has 0 aliphatic rings. The molecule has 0 aliphatic carbocycles. The molecule has 0 aliphatic heterocycles. The summed E-state index contributed by atoms with van der Waals surface area (Å²) in [5.41, 5.74) is 1.28. The predicted molar refractivity (Wildman–Crippen MR) is 123 cm³/mol. The summed E-state index contributed by atoms with van der Waals surface area (Å²) in [4.78, 5) is 13.2. The lowest BCUT2D eigenvalue weighted by Gasteiger charge is -2.20. The standard InChI is InChI=1S/C24H26N2O5S/c1-3-31-19-13-15-20(16-14-19)32(28,29)26-22(17-18-9-5-4-6-10-18)24(27)25-21-11-7-8-12-23(21)30-2/h4-16,22,26H,3,17H2,1-2H3,(H,25,27). The molecular weight excluding hydrogens is 428 g/mol. The summed E-state index contributed by atoms with van der Waals surface area (Å²) < 4.78 is 39.2. The number of carbonyl (C=O) groups excluding carboxylic acids is 1. The predicted octanol–water partition coefficient (Wildman–Crippen LogP) is 3.62. The van der Waals surface area contributed by atoms with E-state index in [0.717, 1.165) is 5.56 Å². The minimum absolute atomic E-state index is 0.0455. The molecule has 0 saturated heterocycles. The van der Waals surface area contributed by atoms with Gasteiger partial charge in [-0.1, -0.05) is 42.5 Å². The summed E-state index contributed by atoms with van der Waals surface area (Å²) >= 11 is 0. The number of para-hydroxylation sites is 2. The van der Waals surface area contributed by atoms with Gasteiger partial charge < -0.3 is 14.8 Å². The molecule has 0 heterocycles. The summed E-state index contributed by atoms with van der Waals surface area (Å²) in [5.74, 6) is 0.558. The monoisotopic (exact) mass is 454 g/mol. The SMILES string of the molecule is CCOc1ccc(S(=O)(=O)NC(Cc2ccccc2)C(=O)Nc2ccccc2OC)cc1. The summed E-state index contributed by atoms with van der Waals surface area (Å²) in [6, 6.07) is 21.2. The number of sulfonamides is 1. The average molecular weight is 455 g/mol. The van der Waals surface area contributed by atoms with E-state index in [9.17, 15) is 13.2 Å². The molecule has 32 heavy (non-hydrogen) atoms. The van der Waals surface area contributed by atoms with Crippen LogP contribution in [0.4, 0.5) is 5.69 Å². The molecule has 0 fully saturated rings. The van der Waals surface area contributed by atoms with Gasteiger partial charge in [0.1, 0.15) is 17.5 Å². The van der Waals surface area contributed by atoms with Crippen molar-refractivity contribution in [3.8, 4) is 11.5 Å². The fourth-order valence-corrected chi connectivity index (χ4v) is 4.34. The molecule has 0 aromatic heterocycles. The molecular formula is C24H26N2O5S. The maximum atomic E-state index is 13.1. The van der Waals surface area contributed by atoms with Crippen molar-refractivity contribution in [1.82, 2.24) is 4.72 Å². The molecule has 0 bridgehead atoms. The second kappa shape index (κ2) is 10.8. The van der Waals surface area contributed by atoms with E-state index in [0.29, 0.717) is 23.8 Å². The minimum atomic E-state index is -3.96. The number of hydrogen-bond donors (Lipinski definition) is 2. The summed E-state index contributed by atoms with van der Waals surface area (Å²) in [6.07, 6.45) is 0.179. The third-order valence-corrected chi connectivity index (χ3v) is 6.19. The molecule has 2 N–H and O–H groups in total. The zero-order valence-corrected chi connectivity index (χ0v) is 18.8. The second-order valence-corrected chi connectivity index (χ2v) is 8.67. The van der Waals surface area contributed by atoms with Gasteiger partial charge in [-0.05, 0) is 55.3 Å². The van der Waals surface area contributed by atoms with Crippen molar-refractivity contribution >= 4 is 21.6 Å². The molecule has 3 aromatic carbocycles. The Morgan fingerprint density at radius 2 is 1.59 bits per heavy atom. The van der Waals surface area contributed by atoms with Crippen molar-refractivity contribution in [2.75, 3.05) is 19.0 Å². The molecule has 0 radical (unpaired) electrons. The van der Waals surface area contributed by atoms with Gasteiger partial charge in [-0.2, -0.15) is 4.72 Å². The van der Waals surface area contributed by atoms with Crippen LogP contribution >= 0.6 is 0 Å². The summed E-state index contributed by atoms with van der Waals surface area (Å²) in [7, 11) is -2.46. The number of benzene rings is 3. The lowest BCUT2D eigenvalue weighted by molar-refractivity contribution is -0.117. The van der Waals surface area contributed by atoms with Gasteiger partial charge in [-0.15, -0.1) is 0 Å². The van der Waals surface area contributed by atoms with Crippen LogP contribution in [-0.2, 0) is 21.2 Å². The zero-order chi connectivity index (χ0) is 23.0. The van der Waals surface area contributed by atoms with Crippen LogP contribution in [0.5, 0.6) is 11.5 Å². The number of carbonyl (C=O) groups is 1. The van der Waals surface area contributed by atoms with E-state index in [4.69, 9.17) is 9.47 Å². The second-order valence-electron chi connectivity index (χ2n) is 6.96. The average Bonchev–Trinajstić information content (AvgIpc) is 2.80. The topological polar surface area (TPSA) is 93.7 Å². The first kappa shape index (κ1) is 23.3. The Hall–Kier alpha value is -3.36. The Kier molecular flexibility index (Phi) is 7.86. The minimum Gasteiger partial charge on any atom is -0.495 e. The number of methoxy groups -OCH3 is 1. The van der Waals surface area contributed by atoms with Crippen LogP contribution in [0.15, 0.2) is 83.8 Å². The van der Waals surface area contributed by atoms with Crippen LogP contribution in [0.25, 0.3) is 0 Å². The molecule has 3 aromatic rings. The molecule has 7 nitrogen and oxygen atoms in total. The molecule has 3 rings (SSSR count). The van der Waals surface area contributed by atoms with Gasteiger partial charge in [-0.25, -0.2) is 8.42 Å². The zero-order valence-electron chi connectivity index (χ0n) is 17.9. The van der Waals surface area contributed by atoms with Crippen molar-refractivity contribution in [1.29, 1.82) is 0 Å². The quantitative estimate of drug-likeness (QED) is 0.488. The van der Waals surface area contributed by atoms with E-state index in [1.165, 1.54) is 19.2 Å². The van der Waals surface area contributed by atoms with Crippen molar-refractivity contribution in [2.24, 2.45) is 0 Å². The van der Waals surface area contributed by atoms with Gasteiger partial charge in [0.05, 0.1) is 24.3 Å². The first-order valence-electron chi connectivity index (χ1n) is 10.2. The number of anilines is 1. The molecule has 168 valence electrons. The van der Waals surface area contributed by atoms with Crippen LogP contribution < -0.4 is 19.5 Å². The molecule has 0 spiro atoms. The number of rotatable bonds is 10. The highest BCUT2D eigenvalue weighted by Gasteiger charge is 2.27. The third-order valence-electron chi connectivity index (χ3n) is 4.71. The molecule has 8 heteroatoms. The Labute approximate surface area is 188 Å². The Morgan fingerprint density at radius 1 is 0.938 bits per heavy atom. The van der Waals surface area contributed by atoms with E-state index in [1.807, 2.05) is 37.3 Å². The maximum absolute atomic E-state index is 13.1. The highest BCUT2D eigenvalue weighted by molar-refractivity contribution is 7.89. The fourth-order valence-electron chi connectivity index (χ4n) is 3.14. The summed E-state index contributed by atoms with van der Waals surface area (Å²) in [5, 5.41) is 2.77. The highest BCUT2D eigenvalue weighted by Crippen LogP contribution is 2.24. The van der Waals surface area contributed by atoms with Crippen molar-refractivity contribution in [2.45, 2.75) is 24.3 Å². The fraction of sp³-hybridized carbons (Fsp3) is 0.208. The van der Waals surface area contributed by atoms with Gasteiger partial charge >= 0.3 is 0 Å². The first-order chi connectivity index (χ1) is 15.4. The molecule has 1 atom stereocenters. The van der Waals surface area contributed by atoms with Crippen LogP contribution in [0.2, 0.25) is 0 Å². The Balaban J connectivity index is 1.85. The number of nitrogens with one attached hydrogen (secondary N) is 2. The van der Waals surface area contributed by atoms with E-state index < -0.39 is 22.0 Å². The van der Waals surface area contributed by atoms with Gasteiger partial charge in [-0.3, -0.25) is 4.79 Å². The first-order valence-corrected chi connectivity index (χ1v) is 11.6. The van der Waals surface area contributed by atoms with Crippen LogP contribution in [0.1, 0.15) is 12.5 Å². The highest BCUT2D eigenvalue weighted by atomic mass is 32.2. The van der Waals surface area contributed by atoms with Crippen molar-refractivity contribution < 1.29 is 22.7 Å². The van der Waals surface area contributed by atoms with Crippen molar-refractivity contribution in [3.63, 3.8) is 0 Å². The van der Waals surface area contributed by atoms with Crippen LogP contribution in [0.3, 0.4) is 0 Å². The molecule has 1 amide bonds. The van der Waals surface area contributed by atoms with Gasteiger partial charge in [0.2, 0.25) is 15.9 Å². The third kappa shape index (κ3) is 6.09. The summed E-state index contributed by atoms with van der Waals surface area (Å²) in [6.45, 7) is 2.33.